The average molecular weight is 391 g/mol. The number of aryl methyl sites for hydroxylation is 1. The van der Waals surface area contributed by atoms with E-state index in [1.807, 2.05) is 6.92 Å². The fourth-order valence-corrected chi connectivity index (χ4v) is 3.67. The van der Waals surface area contributed by atoms with E-state index in [4.69, 9.17) is 16.3 Å². The average Bonchev–Trinajstić information content (AvgIpc) is 2.96. The van der Waals surface area contributed by atoms with E-state index >= 15 is 0 Å². The molecule has 0 radical (unpaired) electrons. The largest absolute Gasteiger partial charge is 0.495 e. The first-order valence-electron chi connectivity index (χ1n) is 7.82. The van der Waals surface area contributed by atoms with Crippen LogP contribution >= 0.6 is 22.9 Å². The number of carbonyl (C=O) groups excluding carboxylic acids is 1. The second-order valence-electron chi connectivity index (χ2n) is 5.58. The Morgan fingerprint density at radius 1 is 1.27 bits per heavy atom. The van der Waals surface area contributed by atoms with Crippen molar-refractivity contribution < 1.29 is 13.9 Å². The lowest BCUT2D eigenvalue weighted by Gasteiger charge is -2.10. The number of ether oxygens (including phenoxy) is 1. The van der Waals surface area contributed by atoms with Crippen molar-refractivity contribution in [1.29, 1.82) is 0 Å². The van der Waals surface area contributed by atoms with Crippen molar-refractivity contribution in [2.75, 3.05) is 12.4 Å². The molecule has 134 valence electrons. The molecule has 0 saturated heterocycles. The first-order chi connectivity index (χ1) is 12.5. The van der Waals surface area contributed by atoms with E-state index in [1.165, 1.54) is 30.6 Å². The molecule has 0 aliphatic rings. The van der Waals surface area contributed by atoms with Gasteiger partial charge in [-0.1, -0.05) is 11.6 Å². The van der Waals surface area contributed by atoms with Crippen LogP contribution in [0.2, 0.25) is 5.02 Å². The number of halogens is 2. The maximum absolute atomic E-state index is 13.2. The number of nitrogens with one attached hydrogen (secondary N) is 1. The minimum Gasteiger partial charge on any atom is -0.495 e. The van der Waals surface area contributed by atoms with Crippen LogP contribution in [0.1, 0.15) is 9.88 Å². The minimum atomic E-state index is -0.312. The van der Waals surface area contributed by atoms with Gasteiger partial charge in [-0.15, -0.1) is 11.3 Å². The number of hydrogen-bond donors (Lipinski definition) is 1. The van der Waals surface area contributed by atoms with Crippen LogP contribution in [0.15, 0.2) is 42.5 Å². The summed E-state index contributed by atoms with van der Waals surface area (Å²) < 4.78 is 18.4. The molecular weight excluding hydrogens is 375 g/mol. The van der Waals surface area contributed by atoms with Crippen molar-refractivity contribution in [1.82, 2.24) is 4.98 Å². The number of aromatic nitrogens is 1. The number of benzene rings is 2. The summed E-state index contributed by atoms with van der Waals surface area (Å²) in [4.78, 5) is 17.8. The molecule has 1 amide bonds. The summed E-state index contributed by atoms with van der Waals surface area (Å²) in [6.45, 7) is 1.87. The minimum absolute atomic E-state index is 0.147. The molecular formula is C19H16ClFN2O2S. The third-order valence-electron chi connectivity index (χ3n) is 3.68. The number of hydrogen-bond acceptors (Lipinski definition) is 4. The summed E-state index contributed by atoms with van der Waals surface area (Å²) >= 11 is 7.44. The van der Waals surface area contributed by atoms with Gasteiger partial charge in [-0.05, 0) is 49.4 Å². The quantitative estimate of drug-likeness (QED) is 0.659. The Morgan fingerprint density at radius 2 is 2.00 bits per heavy atom. The summed E-state index contributed by atoms with van der Waals surface area (Å²) in [6.07, 6.45) is 0.147. The molecule has 1 N–H and O–H groups in total. The molecule has 1 aromatic heterocycles. The predicted molar refractivity (Wildman–Crippen MR) is 103 cm³/mol. The number of methoxy groups -OCH3 is 1. The molecule has 0 aliphatic heterocycles. The molecule has 7 heteroatoms. The highest BCUT2D eigenvalue weighted by Gasteiger charge is 2.16. The standard InChI is InChI=1S/C19H16ClFN2O2S/c1-11-22-19(12-3-6-14(21)7-4-12)17(26-11)10-18(24)23-15-9-13(20)5-8-16(15)25-2/h3-9H,10H2,1-2H3,(H,23,24). The molecule has 0 atom stereocenters. The van der Waals surface area contributed by atoms with Crippen LogP contribution in [0.4, 0.5) is 10.1 Å². The zero-order valence-corrected chi connectivity index (χ0v) is 15.7. The second kappa shape index (κ2) is 7.85. The Hall–Kier alpha value is -2.44. The zero-order chi connectivity index (χ0) is 18.7. The molecule has 0 bridgehead atoms. The maximum Gasteiger partial charge on any atom is 0.229 e. The van der Waals surface area contributed by atoms with Gasteiger partial charge in [0.2, 0.25) is 5.91 Å². The van der Waals surface area contributed by atoms with Gasteiger partial charge < -0.3 is 10.1 Å². The van der Waals surface area contributed by atoms with Gasteiger partial charge in [0.1, 0.15) is 11.6 Å². The predicted octanol–water partition coefficient (Wildman–Crippen LogP) is 5.10. The van der Waals surface area contributed by atoms with Gasteiger partial charge in [0.15, 0.2) is 0 Å². The van der Waals surface area contributed by atoms with E-state index in [1.54, 1.807) is 30.3 Å². The highest BCUT2D eigenvalue weighted by molar-refractivity contribution is 7.12. The SMILES string of the molecule is COc1ccc(Cl)cc1NC(=O)Cc1sc(C)nc1-c1ccc(F)cc1. The molecule has 0 fully saturated rings. The lowest BCUT2D eigenvalue weighted by molar-refractivity contribution is -0.115. The van der Waals surface area contributed by atoms with E-state index in [9.17, 15) is 9.18 Å². The Morgan fingerprint density at radius 3 is 2.69 bits per heavy atom. The normalized spacial score (nSPS) is 10.6. The van der Waals surface area contributed by atoms with Gasteiger partial charge in [0.25, 0.3) is 0 Å². The first-order valence-corrected chi connectivity index (χ1v) is 9.01. The van der Waals surface area contributed by atoms with Gasteiger partial charge in [0, 0.05) is 15.5 Å². The highest BCUT2D eigenvalue weighted by Crippen LogP contribution is 2.30. The number of amides is 1. The maximum atomic E-state index is 13.2. The summed E-state index contributed by atoms with van der Waals surface area (Å²) in [5.41, 5.74) is 1.98. The molecule has 0 saturated carbocycles. The highest BCUT2D eigenvalue weighted by atomic mass is 35.5. The van der Waals surface area contributed by atoms with Crippen molar-refractivity contribution in [3.05, 3.63) is 63.2 Å². The summed E-state index contributed by atoms with van der Waals surface area (Å²) in [5, 5.41) is 4.16. The van der Waals surface area contributed by atoms with Crippen LogP contribution in [0.5, 0.6) is 5.75 Å². The van der Waals surface area contributed by atoms with E-state index < -0.39 is 0 Å². The van der Waals surface area contributed by atoms with Crippen LogP contribution in [0.25, 0.3) is 11.3 Å². The van der Waals surface area contributed by atoms with Gasteiger partial charge in [-0.3, -0.25) is 4.79 Å². The number of rotatable bonds is 5. The van der Waals surface area contributed by atoms with Crippen molar-refractivity contribution in [2.24, 2.45) is 0 Å². The smallest absolute Gasteiger partial charge is 0.229 e. The second-order valence-corrected chi connectivity index (χ2v) is 7.31. The lowest BCUT2D eigenvalue weighted by Crippen LogP contribution is -2.15. The van der Waals surface area contributed by atoms with E-state index in [0.717, 1.165) is 15.4 Å². The van der Waals surface area contributed by atoms with Crippen molar-refractivity contribution >= 4 is 34.5 Å². The molecule has 3 aromatic rings. The fourth-order valence-electron chi connectivity index (χ4n) is 2.54. The fraction of sp³-hybridized carbons (Fsp3) is 0.158. The molecule has 3 rings (SSSR count). The first kappa shape index (κ1) is 18.4. The number of thiazole rings is 1. The Labute approximate surface area is 159 Å². The topological polar surface area (TPSA) is 51.2 Å². The van der Waals surface area contributed by atoms with Gasteiger partial charge in [-0.25, -0.2) is 9.37 Å². The monoisotopic (exact) mass is 390 g/mol. The third-order valence-corrected chi connectivity index (χ3v) is 4.88. The summed E-state index contributed by atoms with van der Waals surface area (Å²) in [7, 11) is 1.53. The van der Waals surface area contributed by atoms with Crippen LogP contribution in [-0.2, 0) is 11.2 Å². The van der Waals surface area contributed by atoms with E-state index in [-0.39, 0.29) is 18.1 Å². The lowest BCUT2D eigenvalue weighted by atomic mass is 10.1. The van der Waals surface area contributed by atoms with E-state index in [2.05, 4.69) is 10.3 Å². The molecule has 1 heterocycles. The molecule has 2 aromatic carbocycles. The van der Waals surface area contributed by atoms with Crippen LogP contribution in [-0.4, -0.2) is 18.0 Å². The number of anilines is 1. The van der Waals surface area contributed by atoms with Crippen LogP contribution in [0, 0.1) is 12.7 Å². The number of carbonyl (C=O) groups is 1. The van der Waals surface area contributed by atoms with Crippen molar-refractivity contribution in [3.8, 4) is 17.0 Å². The Bertz CT molecular complexity index is 941. The number of nitrogens with zero attached hydrogens (tertiary/aromatic N) is 1. The van der Waals surface area contributed by atoms with Crippen molar-refractivity contribution in [3.63, 3.8) is 0 Å². The van der Waals surface area contributed by atoms with Crippen LogP contribution in [0.3, 0.4) is 0 Å². The Balaban J connectivity index is 1.82. The van der Waals surface area contributed by atoms with Gasteiger partial charge >= 0.3 is 0 Å². The van der Waals surface area contributed by atoms with E-state index in [0.29, 0.717) is 22.2 Å². The summed E-state index contributed by atoms with van der Waals surface area (Å²) in [6, 6.07) is 11.1. The van der Waals surface area contributed by atoms with Gasteiger partial charge in [-0.2, -0.15) is 0 Å². The molecule has 0 spiro atoms. The van der Waals surface area contributed by atoms with Gasteiger partial charge in [0.05, 0.1) is 29.9 Å². The molecule has 26 heavy (non-hydrogen) atoms. The van der Waals surface area contributed by atoms with Crippen molar-refractivity contribution in [2.45, 2.75) is 13.3 Å². The third kappa shape index (κ3) is 4.20. The zero-order valence-electron chi connectivity index (χ0n) is 14.2. The molecule has 4 nitrogen and oxygen atoms in total. The molecule has 0 aliphatic carbocycles. The summed E-state index contributed by atoms with van der Waals surface area (Å²) in [5.74, 6) is 0.00705. The Kier molecular flexibility index (Phi) is 5.54. The molecule has 0 unspecified atom stereocenters. The van der Waals surface area contributed by atoms with Crippen LogP contribution < -0.4 is 10.1 Å².